The average Bonchev–Trinajstić information content (AvgIpc) is 2.81. The van der Waals surface area contributed by atoms with Gasteiger partial charge in [0.15, 0.2) is 0 Å². The smallest absolute Gasteiger partial charge is 0.317 e. The fourth-order valence-electron chi connectivity index (χ4n) is 5.27. The largest absolute Gasteiger partial charge is 0.368 e. The first-order valence-corrected chi connectivity index (χ1v) is 12.8. The quantitative estimate of drug-likeness (QED) is 0.642. The maximum atomic E-state index is 12.4. The fourth-order valence-corrected chi connectivity index (χ4v) is 5.69. The lowest BCUT2D eigenvalue weighted by Crippen LogP contribution is -2.48. The van der Waals surface area contributed by atoms with Crippen molar-refractivity contribution < 1.29 is 4.79 Å². The van der Waals surface area contributed by atoms with Gasteiger partial charge in [-0.1, -0.05) is 29.3 Å². The molecule has 2 amide bonds. The Morgan fingerprint density at radius 1 is 0.935 bits per heavy atom. The molecule has 1 aromatic rings. The number of piperazine rings is 1. The number of hydrogen-bond acceptors (Lipinski definition) is 3. The van der Waals surface area contributed by atoms with Gasteiger partial charge in [0.05, 0.1) is 15.7 Å². The van der Waals surface area contributed by atoms with E-state index < -0.39 is 0 Å². The van der Waals surface area contributed by atoms with Gasteiger partial charge in [-0.25, -0.2) is 4.79 Å². The van der Waals surface area contributed by atoms with Gasteiger partial charge in [0.2, 0.25) is 0 Å². The van der Waals surface area contributed by atoms with Crippen LogP contribution in [0.25, 0.3) is 0 Å². The topological polar surface area (TPSA) is 38.8 Å². The second-order valence-corrected chi connectivity index (χ2v) is 10.2. The Kier molecular flexibility index (Phi) is 8.24. The van der Waals surface area contributed by atoms with Crippen LogP contribution in [0.15, 0.2) is 18.2 Å². The molecule has 1 aliphatic carbocycles. The third kappa shape index (κ3) is 6.21. The van der Waals surface area contributed by atoms with E-state index in [1.54, 1.807) is 0 Å². The Bertz CT molecular complexity index is 724. The minimum absolute atomic E-state index is 0.167. The van der Waals surface area contributed by atoms with E-state index in [1.165, 1.54) is 32.2 Å². The molecule has 172 valence electrons. The molecule has 4 rings (SSSR count). The summed E-state index contributed by atoms with van der Waals surface area (Å²) in [4.78, 5) is 19.4. The van der Waals surface area contributed by atoms with E-state index in [2.05, 4.69) is 21.2 Å². The van der Waals surface area contributed by atoms with Crippen molar-refractivity contribution in [3.8, 4) is 0 Å². The van der Waals surface area contributed by atoms with Gasteiger partial charge in [0, 0.05) is 45.3 Å². The molecule has 0 radical (unpaired) electrons. The Balaban J connectivity index is 1.13. The van der Waals surface area contributed by atoms with Gasteiger partial charge in [-0.05, 0) is 76.0 Å². The van der Waals surface area contributed by atoms with Gasteiger partial charge in [0.1, 0.15) is 0 Å². The highest BCUT2D eigenvalue weighted by molar-refractivity contribution is 6.43. The lowest BCUT2D eigenvalue weighted by Gasteiger charge is -2.38. The summed E-state index contributed by atoms with van der Waals surface area (Å²) in [5.74, 6) is 0.795. The van der Waals surface area contributed by atoms with Crippen molar-refractivity contribution in [2.24, 2.45) is 5.92 Å². The average molecular weight is 467 g/mol. The third-order valence-electron chi connectivity index (χ3n) is 7.32. The molecule has 2 aliphatic heterocycles. The first-order chi connectivity index (χ1) is 15.1. The number of nitrogens with one attached hydrogen (secondary N) is 1. The highest BCUT2D eigenvalue weighted by Gasteiger charge is 2.26. The molecule has 0 bridgehead atoms. The number of rotatable bonds is 5. The molecular formula is C24H36Cl2N4O. The first kappa shape index (κ1) is 23.0. The number of halogens is 2. The Morgan fingerprint density at radius 2 is 1.65 bits per heavy atom. The third-order valence-corrected chi connectivity index (χ3v) is 8.12. The van der Waals surface area contributed by atoms with Crippen LogP contribution in [0.2, 0.25) is 10.0 Å². The number of anilines is 1. The highest BCUT2D eigenvalue weighted by atomic mass is 35.5. The molecule has 0 unspecified atom stereocenters. The minimum Gasteiger partial charge on any atom is -0.368 e. The van der Waals surface area contributed by atoms with E-state index in [9.17, 15) is 4.79 Å². The van der Waals surface area contributed by atoms with Crippen molar-refractivity contribution in [2.45, 2.75) is 57.4 Å². The number of carbonyl (C=O) groups is 1. The van der Waals surface area contributed by atoms with Crippen molar-refractivity contribution >= 4 is 34.9 Å². The molecule has 2 heterocycles. The van der Waals surface area contributed by atoms with Crippen LogP contribution < -0.4 is 10.2 Å². The second kappa shape index (κ2) is 11.1. The number of piperidine rings is 1. The lowest BCUT2D eigenvalue weighted by atomic mass is 9.84. The van der Waals surface area contributed by atoms with Crippen molar-refractivity contribution in [1.29, 1.82) is 0 Å². The molecule has 2 saturated heterocycles. The Morgan fingerprint density at radius 3 is 2.35 bits per heavy atom. The van der Waals surface area contributed by atoms with Crippen molar-refractivity contribution in [1.82, 2.24) is 15.1 Å². The molecule has 3 fully saturated rings. The summed E-state index contributed by atoms with van der Waals surface area (Å²) in [5, 5.41) is 4.59. The molecular weight excluding hydrogens is 431 g/mol. The van der Waals surface area contributed by atoms with Crippen molar-refractivity contribution in [3.05, 3.63) is 28.2 Å². The summed E-state index contributed by atoms with van der Waals surface area (Å²) < 4.78 is 0. The molecule has 7 heteroatoms. The number of benzene rings is 1. The molecule has 1 aromatic carbocycles. The van der Waals surface area contributed by atoms with Crippen LogP contribution in [0, 0.1) is 5.92 Å². The molecule has 1 saturated carbocycles. The number of urea groups is 1. The summed E-state index contributed by atoms with van der Waals surface area (Å²) in [6, 6.07) is 6.42. The van der Waals surface area contributed by atoms with Crippen LogP contribution in [0.5, 0.6) is 0 Å². The van der Waals surface area contributed by atoms with Crippen LogP contribution in [0.3, 0.4) is 0 Å². The van der Waals surface area contributed by atoms with E-state index in [4.69, 9.17) is 23.2 Å². The van der Waals surface area contributed by atoms with E-state index in [0.29, 0.717) is 16.1 Å². The molecule has 31 heavy (non-hydrogen) atoms. The van der Waals surface area contributed by atoms with Gasteiger partial charge in [-0.2, -0.15) is 0 Å². The molecule has 1 N–H and O–H groups in total. The normalized spacial score (nSPS) is 25.5. The van der Waals surface area contributed by atoms with Crippen LogP contribution in [0.4, 0.5) is 10.5 Å². The zero-order valence-corrected chi connectivity index (χ0v) is 20.0. The van der Waals surface area contributed by atoms with Crippen LogP contribution in [-0.2, 0) is 0 Å². The van der Waals surface area contributed by atoms with Crippen molar-refractivity contribution in [3.63, 3.8) is 0 Å². The minimum atomic E-state index is 0.167. The molecule has 0 aromatic heterocycles. The Labute approximate surface area is 197 Å². The van der Waals surface area contributed by atoms with Gasteiger partial charge >= 0.3 is 6.03 Å². The van der Waals surface area contributed by atoms with E-state index in [0.717, 1.165) is 76.6 Å². The summed E-state index contributed by atoms with van der Waals surface area (Å²) in [5.41, 5.74) is 1.05. The Hall–Kier alpha value is -1.17. The van der Waals surface area contributed by atoms with Gasteiger partial charge in [-0.3, -0.25) is 4.90 Å². The van der Waals surface area contributed by atoms with Crippen molar-refractivity contribution in [2.75, 3.05) is 50.7 Å². The summed E-state index contributed by atoms with van der Waals surface area (Å²) in [6.45, 7) is 7.17. The zero-order valence-electron chi connectivity index (χ0n) is 18.5. The maximum absolute atomic E-state index is 12.4. The lowest BCUT2D eigenvalue weighted by molar-refractivity contribution is 0.173. The molecule has 5 nitrogen and oxygen atoms in total. The van der Waals surface area contributed by atoms with Crippen LogP contribution in [0.1, 0.15) is 51.4 Å². The maximum Gasteiger partial charge on any atom is 0.317 e. The number of nitrogens with zero attached hydrogens (tertiary/aromatic N) is 3. The van der Waals surface area contributed by atoms with Gasteiger partial charge in [-0.15, -0.1) is 0 Å². The van der Waals surface area contributed by atoms with E-state index >= 15 is 0 Å². The molecule has 0 atom stereocenters. The first-order valence-electron chi connectivity index (χ1n) is 12.1. The van der Waals surface area contributed by atoms with Crippen LogP contribution in [-0.4, -0.2) is 67.7 Å². The number of hydrogen-bond donors (Lipinski definition) is 1. The SMILES string of the molecule is O=C(NC1CCC(CCN2CCN(c3cccc(Cl)c3Cl)CC2)CC1)N1CCCCC1. The number of likely N-dealkylation sites (tertiary alicyclic amines) is 1. The fraction of sp³-hybridized carbons (Fsp3) is 0.708. The predicted octanol–water partition coefficient (Wildman–Crippen LogP) is 5.26. The second-order valence-electron chi connectivity index (χ2n) is 9.41. The monoisotopic (exact) mass is 466 g/mol. The summed E-state index contributed by atoms with van der Waals surface area (Å²) in [6.07, 6.45) is 9.58. The predicted molar refractivity (Wildman–Crippen MR) is 129 cm³/mol. The van der Waals surface area contributed by atoms with E-state index in [1.807, 2.05) is 17.0 Å². The van der Waals surface area contributed by atoms with Gasteiger partial charge < -0.3 is 15.1 Å². The van der Waals surface area contributed by atoms with Gasteiger partial charge in [0.25, 0.3) is 0 Å². The van der Waals surface area contributed by atoms with Crippen LogP contribution >= 0.6 is 23.2 Å². The molecule has 3 aliphatic rings. The number of carbonyl (C=O) groups excluding carboxylic acids is 1. The zero-order chi connectivity index (χ0) is 21.6. The standard InChI is InChI=1S/C24H36Cl2N4O/c25-21-5-4-6-22(23(21)26)29-17-15-28(16-18-29)14-11-19-7-9-20(10-8-19)27-24(31)30-12-2-1-3-13-30/h4-6,19-20H,1-3,7-18H2,(H,27,31). The highest BCUT2D eigenvalue weighted by Crippen LogP contribution is 2.33. The summed E-state index contributed by atoms with van der Waals surface area (Å²) >= 11 is 12.6. The summed E-state index contributed by atoms with van der Waals surface area (Å²) in [7, 11) is 0. The molecule has 0 spiro atoms. The van der Waals surface area contributed by atoms with E-state index in [-0.39, 0.29) is 6.03 Å². The number of amides is 2.